The highest BCUT2D eigenvalue weighted by Gasteiger charge is 2.70. The van der Waals surface area contributed by atoms with Crippen LogP contribution in [0.2, 0.25) is 0 Å². The van der Waals surface area contributed by atoms with E-state index in [2.05, 4.69) is 33.5 Å². The van der Waals surface area contributed by atoms with E-state index in [0.717, 1.165) is 29.5 Å². The van der Waals surface area contributed by atoms with Crippen LogP contribution in [0, 0.1) is 11.8 Å². The summed E-state index contributed by atoms with van der Waals surface area (Å²) in [7, 11) is 2.02. The number of H-pyrrole nitrogens is 1. The number of aromatic nitrogens is 1. The molecule has 39 heavy (non-hydrogen) atoms. The van der Waals surface area contributed by atoms with Gasteiger partial charge in [0.25, 0.3) is 11.8 Å². The SMILES string of the molecule is CC(C)C1C(=O)N2CCC[C@H]2[C@]2(O)O[C@@](C)(NC(=O)[C@@H]3C=C4c5cccc6[nH]cc(c56)C[C@H]4N(C)C3)C(=O)N12. The van der Waals surface area contributed by atoms with E-state index in [0.29, 0.717) is 19.5 Å². The molecule has 0 radical (unpaired) electrons. The van der Waals surface area contributed by atoms with Crippen LogP contribution in [0.4, 0.5) is 0 Å². The van der Waals surface area contributed by atoms with Gasteiger partial charge in [-0.3, -0.25) is 28.9 Å². The Bertz CT molecular complexity index is 1450. The van der Waals surface area contributed by atoms with Crippen LogP contribution < -0.4 is 5.32 Å². The first kappa shape index (κ1) is 24.8. The van der Waals surface area contributed by atoms with Crippen LogP contribution in [-0.4, -0.2) is 92.4 Å². The van der Waals surface area contributed by atoms with Crippen molar-refractivity contribution >= 4 is 34.2 Å². The quantitative estimate of drug-likeness (QED) is 0.549. The molecule has 10 heteroatoms. The van der Waals surface area contributed by atoms with Crippen molar-refractivity contribution in [1.29, 1.82) is 0 Å². The van der Waals surface area contributed by atoms with Gasteiger partial charge in [-0.25, -0.2) is 0 Å². The lowest BCUT2D eigenvalue weighted by Gasteiger charge is -2.49. The van der Waals surface area contributed by atoms with Gasteiger partial charge in [-0.15, -0.1) is 0 Å². The van der Waals surface area contributed by atoms with Crippen LogP contribution in [0.5, 0.6) is 0 Å². The molecule has 3 amide bonds. The van der Waals surface area contributed by atoms with Crippen LogP contribution >= 0.6 is 0 Å². The number of nitrogens with zero attached hydrogens (tertiary/aromatic N) is 3. The zero-order chi connectivity index (χ0) is 27.4. The first-order valence-electron chi connectivity index (χ1n) is 13.9. The Kier molecular flexibility index (Phi) is 5.19. The number of amides is 3. The van der Waals surface area contributed by atoms with Gasteiger partial charge in [-0.05, 0) is 61.9 Å². The third kappa shape index (κ3) is 3.28. The predicted octanol–water partition coefficient (Wildman–Crippen LogP) is 1.40. The second kappa shape index (κ2) is 8.16. The molecule has 0 bridgehead atoms. The summed E-state index contributed by atoms with van der Waals surface area (Å²) in [5, 5.41) is 15.9. The smallest absolute Gasteiger partial charge is 0.280 e. The van der Waals surface area contributed by atoms with E-state index < -0.39 is 35.5 Å². The summed E-state index contributed by atoms with van der Waals surface area (Å²) in [4.78, 5) is 49.4. The number of rotatable bonds is 3. The Hall–Kier alpha value is -3.21. The summed E-state index contributed by atoms with van der Waals surface area (Å²) in [6, 6.07) is 4.81. The number of piperazine rings is 1. The van der Waals surface area contributed by atoms with Crippen molar-refractivity contribution in [2.24, 2.45) is 11.8 Å². The van der Waals surface area contributed by atoms with Gasteiger partial charge in [-0.2, -0.15) is 0 Å². The maximum absolute atomic E-state index is 13.9. The number of aromatic amines is 1. The number of carbonyl (C=O) groups excluding carboxylic acids is 3. The average Bonchev–Trinajstić information content (AvgIpc) is 3.59. The molecule has 3 saturated heterocycles. The number of hydrogen-bond donors (Lipinski definition) is 3. The minimum atomic E-state index is -1.99. The van der Waals surface area contributed by atoms with Gasteiger partial charge in [0.05, 0.1) is 5.92 Å². The van der Waals surface area contributed by atoms with E-state index in [-0.39, 0.29) is 23.8 Å². The fourth-order valence-electron chi connectivity index (χ4n) is 7.63. The molecule has 5 heterocycles. The largest absolute Gasteiger partial charge is 0.361 e. The third-order valence-electron chi connectivity index (χ3n) is 9.43. The number of aliphatic hydroxyl groups is 1. The van der Waals surface area contributed by atoms with Gasteiger partial charge >= 0.3 is 0 Å². The summed E-state index contributed by atoms with van der Waals surface area (Å²) in [6.07, 6.45) is 6.19. The molecule has 10 nitrogen and oxygen atoms in total. The van der Waals surface area contributed by atoms with Crippen molar-refractivity contribution in [3.05, 3.63) is 41.6 Å². The fraction of sp³-hybridized carbons (Fsp3) is 0.552. The molecule has 3 fully saturated rings. The molecule has 5 aliphatic rings. The van der Waals surface area contributed by atoms with E-state index in [1.807, 2.05) is 33.0 Å². The van der Waals surface area contributed by atoms with Crippen molar-refractivity contribution in [3.8, 4) is 0 Å². The average molecular weight is 534 g/mol. The Morgan fingerprint density at radius 1 is 1.28 bits per heavy atom. The summed E-state index contributed by atoms with van der Waals surface area (Å²) < 4.78 is 6.14. The van der Waals surface area contributed by atoms with Gasteiger partial charge in [0.1, 0.15) is 12.1 Å². The highest BCUT2D eigenvalue weighted by Crippen LogP contribution is 2.47. The molecule has 6 atom stereocenters. The van der Waals surface area contributed by atoms with Gasteiger partial charge in [-0.1, -0.05) is 32.1 Å². The minimum absolute atomic E-state index is 0.156. The standard InChI is InChI=1S/C29H35N5O5/c1-15(2)24-26(36)33-10-6-9-22(33)29(38)34(24)27(37)28(3,39-29)31-25(35)17-11-19-18-7-5-8-20-23(18)16(13-30-20)12-21(19)32(4)14-17/h5,7-8,11,13,15,17,21-22,24,30,38H,6,9-10,12,14H2,1-4H3,(H,31,35)/t17-,21-,22+,24?,28-,29+/m1/s1. The first-order valence-corrected chi connectivity index (χ1v) is 13.9. The van der Waals surface area contributed by atoms with Crippen molar-refractivity contribution in [2.75, 3.05) is 20.1 Å². The second-order valence-corrected chi connectivity index (χ2v) is 12.3. The number of benzene rings is 1. The van der Waals surface area contributed by atoms with Gasteiger partial charge < -0.3 is 20.3 Å². The van der Waals surface area contributed by atoms with E-state index in [4.69, 9.17) is 4.74 Å². The number of likely N-dealkylation sites (N-methyl/N-ethyl adjacent to an activating group) is 1. The van der Waals surface area contributed by atoms with E-state index >= 15 is 0 Å². The highest BCUT2D eigenvalue weighted by molar-refractivity contribution is 6.00. The molecule has 4 aliphatic heterocycles. The van der Waals surface area contributed by atoms with Crippen LogP contribution in [0.15, 0.2) is 30.5 Å². The number of fused-ring (bicyclic) bond motifs is 5. The molecule has 7 rings (SSSR count). The summed E-state index contributed by atoms with van der Waals surface area (Å²) in [5.41, 5.74) is 2.78. The molecule has 3 N–H and O–H groups in total. The Morgan fingerprint density at radius 3 is 2.85 bits per heavy atom. The molecule has 1 aromatic carbocycles. The van der Waals surface area contributed by atoms with Gasteiger partial charge in [0.15, 0.2) is 0 Å². The lowest BCUT2D eigenvalue weighted by Crippen LogP contribution is -2.72. The highest BCUT2D eigenvalue weighted by atomic mass is 16.7. The van der Waals surface area contributed by atoms with Gasteiger partial charge in [0.2, 0.25) is 17.5 Å². The second-order valence-electron chi connectivity index (χ2n) is 12.3. The van der Waals surface area contributed by atoms with Crippen molar-refractivity contribution in [3.63, 3.8) is 0 Å². The number of nitrogens with one attached hydrogen (secondary N) is 2. The third-order valence-corrected chi connectivity index (χ3v) is 9.43. The van der Waals surface area contributed by atoms with Crippen LogP contribution in [-0.2, 0) is 25.5 Å². The van der Waals surface area contributed by atoms with E-state index in [9.17, 15) is 19.5 Å². The normalized spacial score (nSPS) is 35.8. The zero-order valence-corrected chi connectivity index (χ0v) is 22.7. The van der Waals surface area contributed by atoms with Crippen molar-refractivity contribution < 1.29 is 24.2 Å². The number of hydrogen-bond acceptors (Lipinski definition) is 6. The molecular weight excluding hydrogens is 498 g/mol. The minimum Gasteiger partial charge on any atom is -0.361 e. The van der Waals surface area contributed by atoms with E-state index in [1.54, 1.807) is 4.90 Å². The van der Waals surface area contributed by atoms with Crippen LogP contribution in [0.3, 0.4) is 0 Å². The van der Waals surface area contributed by atoms with Gasteiger partial charge in [0, 0.05) is 36.2 Å². The number of ether oxygens (including phenoxy) is 1. The molecule has 0 saturated carbocycles. The maximum atomic E-state index is 13.9. The Balaban J connectivity index is 1.21. The monoisotopic (exact) mass is 533 g/mol. The molecule has 0 spiro atoms. The Morgan fingerprint density at radius 2 is 2.08 bits per heavy atom. The van der Waals surface area contributed by atoms with Crippen LogP contribution in [0.25, 0.3) is 16.5 Å². The van der Waals surface area contributed by atoms with Crippen molar-refractivity contribution in [2.45, 2.75) is 69.8 Å². The van der Waals surface area contributed by atoms with E-state index in [1.165, 1.54) is 22.8 Å². The summed E-state index contributed by atoms with van der Waals surface area (Å²) in [5.74, 6) is -3.87. The zero-order valence-electron chi connectivity index (χ0n) is 22.7. The Labute approximate surface area is 226 Å². The summed E-state index contributed by atoms with van der Waals surface area (Å²) >= 11 is 0. The van der Waals surface area contributed by atoms with Crippen LogP contribution in [0.1, 0.15) is 44.7 Å². The number of carbonyl (C=O) groups is 3. The lowest BCUT2D eigenvalue weighted by atomic mass is 9.79. The topological polar surface area (TPSA) is 118 Å². The maximum Gasteiger partial charge on any atom is 0.280 e. The molecular formula is C29H35N5O5. The molecule has 1 aliphatic carbocycles. The molecule has 206 valence electrons. The molecule has 2 aromatic rings. The predicted molar refractivity (Wildman–Crippen MR) is 143 cm³/mol. The first-order chi connectivity index (χ1) is 18.5. The molecule has 1 unspecified atom stereocenters. The summed E-state index contributed by atoms with van der Waals surface area (Å²) in [6.45, 7) is 6.18. The van der Waals surface area contributed by atoms with Crippen molar-refractivity contribution in [1.82, 2.24) is 25.0 Å². The lowest BCUT2D eigenvalue weighted by molar-refractivity contribution is -0.317. The fourth-order valence-corrected chi connectivity index (χ4v) is 7.63. The molecule has 1 aromatic heterocycles.